The minimum Gasteiger partial charge on any atom is -0.461 e. The molecule has 4 aliphatic rings. The molecule has 4 aromatic rings. The lowest BCUT2D eigenvalue weighted by Gasteiger charge is -2.33. The number of aromatic nitrogens is 3. The van der Waals surface area contributed by atoms with Crippen LogP contribution in [0.4, 0.5) is 29.1 Å². The second kappa shape index (κ2) is 10.7. The van der Waals surface area contributed by atoms with Crippen LogP contribution in [0.5, 0.6) is 6.01 Å². The Labute approximate surface area is 265 Å². The van der Waals surface area contributed by atoms with Crippen LogP contribution in [0.3, 0.4) is 0 Å². The van der Waals surface area contributed by atoms with E-state index < -0.39 is 60.1 Å². The molecule has 8 rings (SSSR count). The minimum atomic E-state index is -2.48. The van der Waals surface area contributed by atoms with Gasteiger partial charge in [0.2, 0.25) is 0 Å². The summed E-state index contributed by atoms with van der Waals surface area (Å²) in [5.74, 6) is 0.389. The van der Waals surface area contributed by atoms with Crippen molar-refractivity contribution in [2.45, 2.75) is 56.2 Å². The zero-order valence-electron chi connectivity index (χ0n) is 26.9. The SMILES string of the molecule is [2H]C([2H])(Oc1nc(N2CCOC[C@H]3[C@H](F)[C@H]32)c2cnc(-c3cc(N)cc4ccc(F)c(C#C)c34)c(F)c2n1)[C@@]12CCCN1[C@H](C)[C@H](F)C2. The summed E-state index contributed by atoms with van der Waals surface area (Å²) in [6.45, 7) is 0.422. The van der Waals surface area contributed by atoms with Gasteiger partial charge >= 0.3 is 6.01 Å². The number of pyridine rings is 1. The zero-order valence-corrected chi connectivity index (χ0v) is 24.9. The third-order valence-electron chi connectivity index (χ3n) is 10.0. The number of anilines is 2. The van der Waals surface area contributed by atoms with Gasteiger partial charge in [0.05, 0.1) is 38.5 Å². The third kappa shape index (κ3) is 4.39. The Kier molecular flexibility index (Phi) is 6.25. The first-order chi connectivity index (χ1) is 23.0. The molecule has 0 radical (unpaired) electrons. The van der Waals surface area contributed by atoms with Crippen LogP contribution >= 0.6 is 0 Å². The predicted octanol–water partition coefficient (Wildman–Crippen LogP) is 5.20. The first-order valence-corrected chi connectivity index (χ1v) is 15.4. The predicted molar refractivity (Wildman–Crippen MR) is 166 cm³/mol. The van der Waals surface area contributed by atoms with E-state index in [1.165, 1.54) is 24.4 Å². The molecule has 0 spiro atoms. The normalized spacial score (nSPS) is 30.0. The number of hydrogen-bond donors (Lipinski definition) is 1. The number of nitrogens with two attached hydrogens (primary N) is 1. The molecule has 6 atom stereocenters. The van der Waals surface area contributed by atoms with Crippen molar-refractivity contribution in [1.82, 2.24) is 19.9 Å². The Balaban J connectivity index is 1.32. The summed E-state index contributed by atoms with van der Waals surface area (Å²) in [5.41, 5.74) is 4.64. The Morgan fingerprint density at radius 3 is 2.91 bits per heavy atom. The lowest BCUT2D eigenvalue weighted by atomic mass is 9.94. The molecule has 3 aliphatic heterocycles. The van der Waals surface area contributed by atoms with Gasteiger partial charge in [0.1, 0.15) is 41.7 Å². The molecule has 1 aliphatic carbocycles. The van der Waals surface area contributed by atoms with Crippen molar-refractivity contribution in [2.75, 3.05) is 43.5 Å². The zero-order chi connectivity index (χ0) is 33.7. The van der Waals surface area contributed by atoms with Crippen molar-refractivity contribution in [3.63, 3.8) is 0 Å². The fourth-order valence-corrected chi connectivity index (χ4v) is 7.65. The molecular weight excluding hydrogens is 600 g/mol. The fraction of sp³-hybridized carbons (Fsp3) is 0.441. The summed E-state index contributed by atoms with van der Waals surface area (Å²) in [7, 11) is 0. The Hall–Kier alpha value is -4.21. The van der Waals surface area contributed by atoms with Gasteiger partial charge in [-0.1, -0.05) is 12.0 Å². The van der Waals surface area contributed by atoms with E-state index in [1.807, 2.05) is 0 Å². The lowest BCUT2D eigenvalue weighted by Crippen LogP contribution is -2.46. The van der Waals surface area contributed by atoms with Crippen LogP contribution < -0.4 is 15.4 Å². The monoisotopic (exact) mass is 634 g/mol. The number of nitrogen functional groups attached to an aromatic ring is 1. The van der Waals surface area contributed by atoms with Crippen LogP contribution in [-0.2, 0) is 4.74 Å². The maximum absolute atomic E-state index is 16.9. The molecule has 2 aromatic heterocycles. The van der Waals surface area contributed by atoms with Gasteiger partial charge in [-0.3, -0.25) is 9.88 Å². The number of halogens is 4. The summed E-state index contributed by atoms with van der Waals surface area (Å²) in [5, 5.41) is 0.818. The first kappa shape index (κ1) is 27.0. The van der Waals surface area contributed by atoms with Gasteiger partial charge < -0.3 is 20.1 Å². The van der Waals surface area contributed by atoms with Gasteiger partial charge in [-0.05, 0) is 49.9 Å². The number of terminal acetylenes is 1. The van der Waals surface area contributed by atoms with Crippen molar-refractivity contribution in [3.05, 3.63) is 47.7 Å². The summed E-state index contributed by atoms with van der Waals surface area (Å²) < 4.78 is 91.6. The van der Waals surface area contributed by atoms with Gasteiger partial charge in [0, 0.05) is 47.8 Å². The molecule has 46 heavy (non-hydrogen) atoms. The molecule has 1 saturated carbocycles. The van der Waals surface area contributed by atoms with Crippen LogP contribution in [0, 0.1) is 29.9 Å². The highest BCUT2D eigenvalue weighted by Gasteiger charge is 2.57. The van der Waals surface area contributed by atoms with E-state index in [0.29, 0.717) is 24.8 Å². The van der Waals surface area contributed by atoms with E-state index in [-0.39, 0.29) is 70.8 Å². The number of ether oxygens (including phenoxy) is 2. The summed E-state index contributed by atoms with van der Waals surface area (Å²) in [6.07, 6.45) is 5.45. The second-order valence-corrected chi connectivity index (χ2v) is 12.6. The van der Waals surface area contributed by atoms with Crippen molar-refractivity contribution in [3.8, 4) is 29.6 Å². The molecule has 0 amide bonds. The number of nitrogens with zero attached hydrogens (tertiary/aromatic N) is 5. The summed E-state index contributed by atoms with van der Waals surface area (Å²) >= 11 is 0. The molecule has 0 bridgehead atoms. The van der Waals surface area contributed by atoms with E-state index in [4.69, 9.17) is 24.4 Å². The van der Waals surface area contributed by atoms with Crippen molar-refractivity contribution >= 4 is 33.2 Å². The average Bonchev–Trinajstić information content (AvgIpc) is 3.45. The maximum atomic E-state index is 16.9. The molecular formula is C34H32F4N6O2. The van der Waals surface area contributed by atoms with E-state index in [9.17, 15) is 4.39 Å². The number of fused-ring (bicyclic) bond motifs is 4. The van der Waals surface area contributed by atoms with Crippen molar-refractivity contribution in [1.29, 1.82) is 0 Å². The molecule has 2 N–H and O–H groups in total. The highest BCUT2D eigenvalue weighted by molar-refractivity contribution is 6.03. The first-order valence-electron chi connectivity index (χ1n) is 16.4. The Morgan fingerprint density at radius 2 is 2.09 bits per heavy atom. The highest BCUT2D eigenvalue weighted by atomic mass is 19.1. The Bertz CT molecular complexity index is 2030. The number of hydrogen-bond acceptors (Lipinski definition) is 8. The maximum Gasteiger partial charge on any atom is 0.319 e. The van der Waals surface area contributed by atoms with Crippen LogP contribution in [0.2, 0.25) is 0 Å². The van der Waals surface area contributed by atoms with Crippen LogP contribution in [0.1, 0.15) is 34.5 Å². The molecule has 4 fully saturated rings. The molecule has 238 valence electrons. The average molecular weight is 635 g/mol. The van der Waals surface area contributed by atoms with Crippen LogP contribution in [-0.4, -0.2) is 82.7 Å². The van der Waals surface area contributed by atoms with Gasteiger partial charge in [0.25, 0.3) is 0 Å². The van der Waals surface area contributed by atoms with Crippen molar-refractivity contribution in [2.24, 2.45) is 5.92 Å². The second-order valence-electron chi connectivity index (χ2n) is 12.6. The van der Waals surface area contributed by atoms with Gasteiger partial charge in [-0.2, -0.15) is 9.97 Å². The van der Waals surface area contributed by atoms with E-state index in [1.54, 1.807) is 22.8 Å². The van der Waals surface area contributed by atoms with E-state index in [0.717, 1.165) is 0 Å². The lowest BCUT2D eigenvalue weighted by molar-refractivity contribution is 0.0879. The van der Waals surface area contributed by atoms with E-state index >= 15 is 13.2 Å². The fourth-order valence-electron chi connectivity index (χ4n) is 7.65. The summed E-state index contributed by atoms with van der Waals surface area (Å²) in [6, 6.07) is 4.10. The smallest absolute Gasteiger partial charge is 0.319 e. The molecule has 8 nitrogen and oxygen atoms in total. The molecule has 5 heterocycles. The topological polar surface area (TPSA) is 89.6 Å². The molecule has 0 unspecified atom stereocenters. The third-order valence-corrected chi connectivity index (χ3v) is 10.0. The van der Waals surface area contributed by atoms with Gasteiger partial charge in [0.15, 0.2) is 5.82 Å². The van der Waals surface area contributed by atoms with Crippen LogP contribution in [0.15, 0.2) is 30.5 Å². The van der Waals surface area contributed by atoms with E-state index in [2.05, 4.69) is 20.9 Å². The molecule has 12 heteroatoms. The standard InChI is InChI=1S/C34H32F4N6O2/c1-3-20-24(35)6-5-18-11-19(39)12-21(26(18)20)29-28(38)30-22(14-40-29)32(43-9-10-45-15-23-27(37)31(23)43)42-33(41-30)46-16-34-7-4-8-44(34)17(2)25(36)13-34/h1,5-6,11-12,14,17,23,25,27,31H,4,7-10,13,15-16,39H2,2H3/t17-,23+,25-,27+,31+,34+/m1/s1/i16D2. The largest absolute Gasteiger partial charge is 0.461 e. The highest BCUT2D eigenvalue weighted by Crippen LogP contribution is 2.46. The van der Waals surface area contributed by atoms with Crippen molar-refractivity contribution < 1.29 is 29.8 Å². The molecule has 3 saturated heterocycles. The van der Waals surface area contributed by atoms with Gasteiger partial charge in [-0.15, -0.1) is 6.42 Å². The van der Waals surface area contributed by atoms with Crippen LogP contribution in [0.25, 0.3) is 32.9 Å². The Morgan fingerprint density at radius 1 is 1.24 bits per heavy atom. The number of rotatable bonds is 5. The number of alkyl halides is 2. The molecule has 2 aromatic carbocycles. The van der Waals surface area contributed by atoms with Gasteiger partial charge in [-0.25, -0.2) is 17.6 Å². The number of benzene rings is 2. The summed E-state index contributed by atoms with van der Waals surface area (Å²) in [4.78, 5) is 16.8. The quantitative estimate of drug-likeness (QED) is 0.182. The minimum absolute atomic E-state index is 0.0860.